The Morgan fingerprint density at radius 3 is 2.41 bits per heavy atom. The minimum absolute atomic E-state index is 0.0993. The Morgan fingerprint density at radius 2 is 1.72 bits per heavy atom. The molecule has 29 heavy (non-hydrogen) atoms. The van der Waals surface area contributed by atoms with Gasteiger partial charge in [-0.15, -0.1) is 10.2 Å². The van der Waals surface area contributed by atoms with Crippen LogP contribution in [0.25, 0.3) is 11.3 Å². The fourth-order valence-corrected chi connectivity index (χ4v) is 3.55. The van der Waals surface area contributed by atoms with Crippen molar-refractivity contribution in [2.45, 2.75) is 6.92 Å². The highest BCUT2D eigenvalue weighted by molar-refractivity contribution is 5.95. The first-order chi connectivity index (χ1) is 14.2. The quantitative estimate of drug-likeness (QED) is 0.685. The van der Waals surface area contributed by atoms with Gasteiger partial charge in [0.1, 0.15) is 5.75 Å². The summed E-state index contributed by atoms with van der Waals surface area (Å²) >= 11 is 0. The monoisotopic (exact) mass is 388 g/mol. The number of carbonyl (C=O) groups excluding carboxylic acids is 1. The lowest BCUT2D eigenvalue weighted by atomic mass is 10.1. The number of amides is 1. The lowest BCUT2D eigenvalue weighted by Crippen LogP contribution is -2.49. The number of aromatic nitrogens is 2. The molecule has 1 aliphatic rings. The van der Waals surface area contributed by atoms with E-state index in [1.807, 2.05) is 72.5 Å². The van der Waals surface area contributed by atoms with Gasteiger partial charge in [-0.2, -0.15) is 0 Å². The number of anilines is 1. The summed E-state index contributed by atoms with van der Waals surface area (Å²) in [6.45, 7) is 4.80. The molecule has 2 aromatic carbocycles. The molecule has 3 aromatic rings. The van der Waals surface area contributed by atoms with Crippen LogP contribution in [0.5, 0.6) is 5.75 Å². The molecule has 148 valence electrons. The standard InChI is InChI=1S/C23H24N4O2/c1-17-6-3-4-9-20(17)23(28)27-14-12-26(13-15-27)22-11-10-21(24-25-22)18-7-5-8-19(16-18)29-2/h3-11,16H,12-15H2,1-2H3. The fraction of sp³-hybridized carbons (Fsp3) is 0.261. The second-order valence-electron chi connectivity index (χ2n) is 7.10. The smallest absolute Gasteiger partial charge is 0.254 e. The Bertz CT molecular complexity index is 996. The number of hydrogen-bond acceptors (Lipinski definition) is 5. The Balaban J connectivity index is 1.41. The molecule has 1 aliphatic heterocycles. The van der Waals surface area contributed by atoms with E-state index in [2.05, 4.69) is 15.1 Å². The van der Waals surface area contributed by atoms with Crippen molar-refractivity contribution in [3.05, 3.63) is 71.8 Å². The van der Waals surface area contributed by atoms with Gasteiger partial charge in [0.05, 0.1) is 12.8 Å². The molecule has 2 heterocycles. The van der Waals surface area contributed by atoms with Crippen LogP contribution in [0.1, 0.15) is 15.9 Å². The fourth-order valence-electron chi connectivity index (χ4n) is 3.55. The van der Waals surface area contributed by atoms with Crippen LogP contribution < -0.4 is 9.64 Å². The minimum Gasteiger partial charge on any atom is -0.497 e. The number of benzene rings is 2. The summed E-state index contributed by atoms with van der Waals surface area (Å²) < 4.78 is 5.28. The number of ether oxygens (including phenoxy) is 1. The van der Waals surface area contributed by atoms with Gasteiger partial charge in [-0.1, -0.05) is 30.3 Å². The maximum atomic E-state index is 12.8. The second-order valence-corrected chi connectivity index (χ2v) is 7.10. The lowest BCUT2D eigenvalue weighted by Gasteiger charge is -2.35. The first-order valence-electron chi connectivity index (χ1n) is 9.74. The van der Waals surface area contributed by atoms with Crippen LogP contribution in [0.15, 0.2) is 60.7 Å². The molecule has 1 saturated heterocycles. The molecular weight excluding hydrogens is 364 g/mol. The number of rotatable bonds is 4. The highest BCUT2D eigenvalue weighted by Crippen LogP contribution is 2.23. The molecule has 6 nitrogen and oxygen atoms in total. The Hall–Kier alpha value is -3.41. The van der Waals surface area contributed by atoms with Crippen LogP contribution in [0, 0.1) is 6.92 Å². The third kappa shape index (κ3) is 4.06. The largest absolute Gasteiger partial charge is 0.497 e. The van der Waals surface area contributed by atoms with Gasteiger partial charge in [0.2, 0.25) is 0 Å². The number of hydrogen-bond donors (Lipinski definition) is 0. The summed E-state index contributed by atoms with van der Waals surface area (Å²) in [5, 5.41) is 8.79. The summed E-state index contributed by atoms with van der Waals surface area (Å²) in [6, 6.07) is 19.5. The van der Waals surface area contributed by atoms with Crippen molar-refractivity contribution in [3.63, 3.8) is 0 Å². The SMILES string of the molecule is COc1cccc(-c2ccc(N3CCN(C(=O)c4ccccc4C)CC3)nn2)c1. The summed E-state index contributed by atoms with van der Waals surface area (Å²) in [4.78, 5) is 16.9. The molecule has 1 aromatic heterocycles. The van der Waals surface area contributed by atoms with E-state index in [1.54, 1.807) is 7.11 Å². The van der Waals surface area contributed by atoms with Crippen LogP contribution in [0.3, 0.4) is 0 Å². The van der Waals surface area contributed by atoms with Gasteiger partial charge < -0.3 is 14.5 Å². The van der Waals surface area contributed by atoms with Gasteiger partial charge in [0.15, 0.2) is 5.82 Å². The van der Waals surface area contributed by atoms with Crippen LogP contribution in [0.4, 0.5) is 5.82 Å². The van der Waals surface area contributed by atoms with Crippen LogP contribution >= 0.6 is 0 Å². The lowest BCUT2D eigenvalue weighted by molar-refractivity contribution is 0.0745. The summed E-state index contributed by atoms with van der Waals surface area (Å²) in [5.74, 6) is 1.73. The number of methoxy groups -OCH3 is 1. The second kappa shape index (κ2) is 8.31. The number of nitrogens with zero attached hydrogens (tertiary/aromatic N) is 4. The molecule has 0 bridgehead atoms. The minimum atomic E-state index is 0.0993. The normalized spacial score (nSPS) is 14.0. The van der Waals surface area contributed by atoms with Crippen LogP contribution in [-0.4, -0.2) is 54.3 Å². The molecule has 6 heteroatoms. The third-order valence-corrected chi connectivity index (χ3v) is 5.28. The Morgan fingerprint density at radius 1 is 0.931 bits per heavy atom. The van der Waals surface area contributed by atoms with Crippen molar-refractivity contribution < 1.29 is 9.53 Å². The van der Waals surface area contributed by atoms with Gasteiger partial charge >= 0.3 is 0 Å². The van der Waals surface area contributed by atoms with E-state index in [0.29, 0.717) is 13.1 Å². The van der Waals surface area contributed by atoms with Gasteiger partial charge in [-0.05, 0) is 42.8 Å². The van der Waals surface area contributed by atoms with E-state index in [0.717, 1.165) is 47.0 Å². The zero-order valence-electron chi connectivity index (χ0n) is 16.7. The third-order valence-electron chi connectivity index (χ3n) is 5.28. The number of carbonyl (C=O) groups is 1. The average molecular weight is 388 g/mol. The van der Waals surface area contributed by atoms with E-state index in [-0.39, 0.29) is 5.91 Å². The average Bonchev–Trinajstić information content (AvgIpc) is 2.79. The van der Waals surface area contributed by atoms with E-state index < -0.39 is 0 Å². The van der Waals surface area contributed by atoms with Crippen molar-refractivity contribution >= 4 is 11.7 Å². The molecule has 0 N–H and O–H groups in total. The van der Waals surface area contributed by atoms with E-state index in [9.17, 15) is 4.79 Å². The first-order valence-corrected chi connectivity index (χ1v) is 9.74. The van der Waals surface area contributed by atoms with Gasteiger partial charge in [-0.25, -0.2) is 0 Å². The maximum absolute atomic E-state index is 12.8. The Kier molecular flexibility index (Phi) is 5.42. The summed E-state index contributed by atoms with van der Waals surface area (Å²) in [6.07, 6.45) is 0. The predicted molar refractivity (Wildman–Crippen MR) is 113 cm³/mol. The molecule has 0 saturated carbocycles. The molecule has 1 fully saturated rings. The van der Waals surface area contributed by atoms with Crippen molar-refractivity contribution in [2.24, 2.45) is 0 Å². The van der Waals surface area contributed by atoms with E-state index in [4.69, 9.17) is 4.74 Å². The molecule has 0 spiro atoms. The first kappa shape index (κ1) is 18.9. The molecule has 0 aliphatic carbocycles. The summed E-state index contributed by atoms with van der Waals surface area (Å²) in [5.41, 5.74) is 3.57. The number of piperazine rings is 1. The molecule has 0 unspecified atom stereocenters. The van der Waals surface area contributed by atoms with E-state index in [1.165, 1.54) is 0 Å². The predicted octanol–water partition coefficient (Wildman–Crippen LogP) is 3.42. The highest BCUT2D eigenvalue weighted by Gasteiger charge is 2.23. The highest BCUT2D eigenvalue weighted by atomic mass is 16.5. The molecule has 4 rings (SSSR count). The van der Waals surface area contributed by atoms with Gasteiger partial charge in [-0.3, -0.25) is 4.79 Å². The van der Waals surface area contributed by atoms with E-state index >= 15 is 0 Å². The van der Waals surface area contributed by atoms with Crippen molar-refractivity contribution in [1.82, 2.24) is 15.1 Å². The Labute approximate surface area is 170 Å². The zero-order valence-corrected chi connectivity index (χ0v) is 16.7. The summed E-state index contributed by atoms with van der Waals surface area (Å²) in [7, 11) is 1.65. The molecule has 0 radical (unpaired) electrons. The maximum Gasteiger partial charge on any atom is 0.254 e. The van der Waals surface area contributed by atoms with Crippen molar-refractivity contribution in [3.8, 4) is 17.0 Å². The van der Waals surface area contributed by atoms with Crippen LogP contribution in [0.2, 0.25) is 0 Å². The van der Waals surface area contributed by atoms with Crippen LogP contribution in [-0.2, 0) is 0 Å². The van der Waals surface area contributed by atoms with Gasteiger partial charge in [0, 0.05) is 37.3 Å². The zero-order chi connectivity index (χ0) is 20.2. The van der Waals surface area contributed by atoms with Crippen molar-refractivity contribution in [2.75, 3.05) is 38.2 Å². The number of aryl methyl sites for hydroxylation is 1. The van der Waals surface area contributed by atoms with Crippen molar-refractivity contribution in [1.29, 1.82) is 0 Å². The topological polar surface area (TPSA) is 58.6 Å². The molecular formula is C23H24N4O2. The molecule has 0 atom stereocenters. The molecule has 1 amide bonds. The van der Waals surface area contributed by atoms with Gasteiger partial charge in [0.25, 0.3) is 5.91 Å².